The summed E-state index contributed by atoms with van der Waals surface area (Å²) in [5.74, 6) is -0.837. The van der Waals surface area contributed by atoms with Gasteiger partial charge in [-0.05, 0) is 55.0 Å². The Labute approximate surface area is 213 Å². The Morgan fingerprint density at radius 2 is 1.60 bits per heavy atom. The zero-order chi connectivity index (χ0) is 25.2. The number of benzene rings is 3. The molecule has 1 aliphatic rings. The summed E-state index contributed by atoms with van der Waals surface area (Å²) < 4.78 is 27.7. The van der Waals surface area contributed by atoms with Crippen LogP contribution in [-0.2, 0) is 10.2 Å². The highest BCUT2D eigenvalue weighted by Gasteiger charge is 2.31. The number of halogens is 2. The van der Waals surface area contributed by atoms with Crippen molar-refractivity contribution in [3.8, 4) is 0 Å². The summed E-state index contributed by atoms with van der Waals surface area (Å²) in [5.41, 5.74) is 1.74. The number of nitrogens with one attached hydrogen (secondary N) is 2. The molecule has 0 unspecified atom stereocenters. The number of amides is 2. The van der Waals surface area contributed by atoms with Gasteiger partial charge in [0.15, 0.2) is 0 Å². The van der Waals surface area contributed by atoms with Crippen LogP contribution in [0.4, 0.5) is 17.1 Å². The van der Waals surface area contributed by atoms with E-state index in [1.807, 2.05) is 6.07 Å². The molecule has 1 heterocycles. The minimum absolute atomic E-state index is 0.106. The fourth-order valence-electron chi connectivity index (χ4n) is 3.62. The van der Waals surface area contributed by atoms with Gasteiger partial charge in [0.1, 0.15) is 0 Å². The van der Waals surface area contributed by atoms with Gasteiger partial charge in [-0.1, -0.05) is 41.4 Å². The van der Waals surface area contributed by atoms with E-state index in [9.17, 15) is 18.0 Å². The molecule has 11 heteroatoms. The molecule has 0 aliphatic carbocycles. The Hall–Kier alpha value is -3.11. The summed E-state index contributed by atoms with van der Waals surface area (Å²) in [6, 6.07) is 17.8. The number of hydrogen-bond acceptors (Lipinski definition) is 4. The molecule has 8 nitrogen and oxygen atoms in total. The molecule has 0 saturated carbocycles. The minimum Gasteiger partial charge on any atom is -0.322 e. The smallest absolute Gasteiger partial charge is 0.303 e. The Bertz CT molecular complexity index is 1380. The SMILES string of the molecule is CN1CCCN(c2ccc(C(=O)Nc3ccc(Cl)c(NC(=O)c4ccccc4)c3)c(Cl)c2)S1(=O)=O. The van der Waals surface area contributed by atoms with Crippen LogP contribution in [0.25, 0.3) is 0 Å². The molecule has 0 bridgehead atoms. The molecule has 2 N–H and O–H groups in total. The summed E-state index contributed by atoms with van der Waals surface area (Å²) in [6.45, 7) is 0.777. The molecule has 1 fully saturated rings. The Morgan fingerprint density at radius 3 is 2.31 bits per heavy atom. The molecular formula is C24H22Cl2N4O4S. The second-order valence-corrected chi connectivity index (χ2v) is 10.7. The minimum atomic E-state index is -3.63. The lowest BCUT2D eigenvalue weighted by Gasteiger charge is -2.34. The van der Waals surface area contributed by atoms with Crippen molar-refractivity contribution in [3.63, 3.8) is 0 Å². The molecule has 0 radical (unpaired) electrons. The van der Waals surface area contributed by atoms with E-state index in [1.54, 1.807) is 48.5 Å². The first-order valence-electron chi connectivity index (χ1n) is 10.7. The molecule has 1 saturated heterocycles. The Morgan fingerprint density at radius 1 is 0.857 bits per heavy atom. The van der Waals surface area contributed by atoms with E-state index in [2.05, 4.69) is 10.6 Å². The first-order valence-corrected chi connectivity index (χ1v) is 12.8. The zero-order valence-electron chi connectivity index (χ0n) is 18.7. The van der Waals surface area contributed by atoms with Crippen LogP contribution in [0.15, 0.2) is 66.7 Å². The van der Waals surface area contributed by atoms with Gasteiger partial charge in [-0.2, -0.15) is 12.7 Å². The molecule has 0 aromatic heterocycles. The first kappa shape index (κ1) is 25.0. The van der Waals surface area contributed by atoms with Gasteiger partial charge in [0, 0.05) is 31.4 Å². The predicted octanol–water partition coefficient (Wildman–Crippen LogP) is 4.88. The lowest BCUT2D eigenvalue weighted by Crippen LogP contribution is -2.48. The van der Waals surface area contributed by atoms with Gasteiger partial charge in [0.05, 0.1) is 27.0 Å². The fourth-order valence-corrected chi connectivity index (χ4v) is 5.48. The van der Waals surface area contributed by atoms with Gasteiger partial charge >= 0.3 is 10.2 Å². The Kier molecular flexibility index (Phi) is 7.32. The van der Waals surface area contributed by atoms with Crippen molar-refractivity contribution in [1.82, 2.24) is 4.31 Å². The highest BCUT2D eigenvalue weighted by atomic mass is 35.5. The number of nitrogens with zero attached hydrogens (tertiary/aromatic N) is 2. The number of carbonyl (C=O) groups excluding carboxylic acids is 2. The van der Waals surface area contributed by atoms with Crippen LogP contribution < -0.4 is 14.9 Å². The largest absolute Gasteiger partial charge is 0.322 e. The van der Waals surface area contributed by atoms with E-state index in [4.69, 9.17) is 23.2 Å². The van der Waals surface area contributed by atoms with Gasteiger partial charge in [0.25, 0.3) is 11.8 Å². The molecule has 3 aromatic rings. The monoisotopic (exact) mass is 532 g/mol. The highest BCUT2D eigenvalue weighted by molar-refractivity contribution is 7.90. The molecular weight excluding hydrogens is 511 g/mol. The summed E-state index contributed by atoms with van der Waals surface area (Å²) in [7, 11) is -2.11. The molecule has 1 aliphatic heterocycles. The van der Waals surface area contributed by atoms with Crippen LogP contribution in [-0.4, -0.2) is 44.7 Å². The number of hydrogen-bond donors (Lipinski definition) is 2. The van der Waals surface area contributed by atoms with Crippen LogP contribution >= 0.6 is 23.2 Å². The van der Waals surface area contributed by atoms with E-state index in [-0.39, 0.29) is 16.5 Å². The predicted molar refractivity (Wildman–Crippen MR) is 139 cm³/mol. The molecule has 2 amide bonds. The van der Waals surface area contributed by atoms with Gasteiger partial charge in [-0.25, -0.2) is 0 Å². The van der Waals surface area contributed by atoms with Gasteiger partial charge in [-0.3, -0.25) is 13.9 Å². The number of rotatable bonds is 5. The van der Waals surface area contributed by atoms with Crippen molar-refractivity contribution in [3.05, 3.63) is 87.9 Å². The molecule has 3 aromatic carbocycles. The molecule has 0 atom stereocenters. The van der Waals surface area contributed by atoms with Crippen molar-refractivity contribution in [1.29, 1.82) is 0 Å². The van der Waals surface area contributed by atoms with E-state index in [0.29, 0.717) is 47.2 Å². The third-order valence-corrected chi connectivity index (χ3v) is 8.06. The van der Waals surface area contributed by atoms with Gasteiger partial charge in [0.2, 0.25) is 0 Å². The summed E-state index contributed by atoms with van der Waals surface area (Å²) in [6.07, 6.45) is 0.676. The standard InChI is InChI=1S/C24H22Cl2N4O4S/c1-29-12-5-13-30(35(29,33)34)18-9-10-19(21(26)15-18)24(32)27-17-8-11-20(25)22(14-17)28-23(31)16-6-3-2-4-7-16/h2-4,6-11,14-15H,5,12-13H2,1H3,(H,27,32)(H,28,31). The van der Waals surface area contributed by atoms with Crippen LogP contribution in [0.1, 0.15) is 27.1 Å². The molecule has 4 rings (SSSR count). The molecule has 182 valence electrons. The van der Waals surface area contributed by atoms with Crippen molar-refractivity contribution in [2.24, 2.45) is 0 Å². The van der Waals surface area contributed by atoms with Crippen molar-refractivity contribution in [2.75, 3.05) is 35.1 Å². The van der Waals surface area contributed by atoms with Gasteiger partial charge in [-0.15, -0.1) is 0 Å². The molecule has 35 heavy (non-hydrogen) atoms. The summed E-state index contributed by atoms with van der Waals surface area (Å²) in [5, 5.41) is 5.87. The van der Waals surface area contributed by atoms with E-state index in [1.165, 1.54) is 27.8 Å². The normalized spacial score (nSPS) is 15.5. The van der Waals surface area contributed by atoms with Gasteiger partial charge < -0.3 is 10.6 Å². The fraction of sp³-hybridized carbons (Fsp3) is 0.167. The van der Waals surface area contributed by atoms with Crippen molar-refractivity contribution in [2.45, 2.75) is 6.42 Å². The summed E-state index contributed by atoms with van der Waals surface area (Å²) in [4.78, 5) is 25.4. The van der Waals surface area contributed by atoms with E-state index >= 15 is 0 Å². The highest BCUT2D eigenvalue weighted by Crippen LogP contribution is 2.30. The number of anilines is 3. The van der Waals surface area contributed by atoms with E-state index < -0.39 is 16.1 Å². The van der Waals surface area contributed by atoms with E-state index in [0.717, 1.165) is 0 Å². The van der Waals surface area contributed by atoms with Crippen molar-refractivity contribution < 1.29 is 18.0 Å². The average Bonchev–Trinajstić information content (AvgIpc) is 2.83. The summed E-state index contributed by atoms with van der Waals surface area (Å²) >= 11 is 12.6. The lowest BCUT2D eigenvalue weighted by atomic mass is 10.1. The maximum atomic E-state index is 12.9. The maximum absolute atomic E-state index is 12.9. The van der Waals surface area contributed by atoms with Crippen LogP contribution in [0.5, 0.6) is 0 Å². The third kappa shape index (κ3) is 5.43. The van der Waals surface area contributed by atoms with Crippen LogP contribution in [0.3, 0.4) is 0 Å². The maximum Gasteiger partial charge on any atom is 0.303 e. The second kappa shape index (κ2) is 10.2. The van der Waals surface area contributed by atoms with Crippen LogP contribution in [0, 0.1) is 0 Å². The molecule has 0 spiro atoms. The Balaban J connectivity index is 1.51. The second-order valence-electron chi connectivity index (χ2n) is 7.89. The quantitative estimate of drug-likeness (QED) is 0.488. The van der Waals surface area contributed by atoms with Crippen LogP contribution in [0.2, 0.25) is 10.0 Å². The number of carbonyl (C=O) groups is 2. The van der Waals surface area contributed by atoms with Crippen molar-refractivity contribution >= 4 is 62.3 Å². The lowest BCUT2D eigenvalue weighted by molar-refractivity contribution is 0.101. The topological polar surface area (TPSA) is 98.8 Å². The zero-order valence-corrected chi connectivity index (χ0v) is 21.0. The average molecular weight is 533 g/mol. The third-order valence-electron chi connectivity index (χ3n) is 5.50. The first-order chi connectivity index (χ1) is 16.7.